The zero-order chi connectivity index (χ0) is 25.1. The summed E-state index contributed by atoms with van der Waals surface area (Å²) in [7, 11) is -3.90. The van der Waals surface area contributed by atoms with Gasteiger partial charge >= 0.3 is 10.2 Å². The number of nitrogens with zero attached hydrogens (tertiary/aromatic N) is 4. The first-order valence-electron chi connectivity index (χ1n) is 11.5. The molecule has 4 rings (SSSR count). The number of pyridine rings is 1. The van der Waals surface area contributed by atoms with Crippen molar-refractivity contribution in [3.05, 3.63) is 47.7 Å². The number of fused-ring (bicyclic) bond motifs is 1. The van der Waals surface area contributed by atoms with Crippen molar-refractivity contribution in [2.75, 3.05) is 42.9 Å². The predicted octanol–water partition coefficient (Wildman–Crippen LogP) is 3.21. The lowest BCUT2D eigenvalue weighted by molar-refractivity contribution is -0.0289. The van der Waals surface area contributed by atoms with Gasteiger partial charge in [0, 0.05) is 50.3 Å². The Morgan fingerprint density at radius 1 is 1.17 bits per heavy atom. The molecule has 2 aromatic rings. The summed E-state index contributed by atoms with van der Waals surface area (Å²) < 4.78 is 62.4. The van der Waals surface area contributed by atoms with E-state index in [0.717, 1.165) is 38.3 Å². The Morgan fingerprint density at radius 2 is 2.00 bits per heavy atom. The van der Waals surface area contributed by atoms with Crippen LogP contribution in [-0.2, 0) is 21.5 Å². The minimum absolute atomic E-state index is 0.126. The van der Waals surface area contributed by atoms with Crippen LogP contribution in [0.2, 0.25) is 0 Å². The number of aromatic nitrogens is 1. The molecule has 0 amide bonds. The number of nitrogens with two attached hydrogens (primary N) is 1. The molecule has 1 fully saturated rings. The largest absolute Gasteiger partial charge is 0.493 e. The molecule has 0 bridgehead atoms. The van der Waals surface area contributed by atoms with Gasteiger partial charge in [-0.15, -0.1) is 0 Å². The molecule has 1 aromatic carbocycles. The molecule has 1 aliphatic heterocycles. The molecular weight excluding hydrogens is 480 g/mol. The number of benzene rings is 1. The van der Waals surface area contributed by atoms with E-state index in [-0.39, 0.29) is 32.1 Å². The smallest absolute Gasteiger partial charge is 0.304 e. The monoisotopic (exact) mass is 509 g/mol. The van der Waals surface area contributed by atoms with Crippen LogP contribution in [-0.4, -0.2) is 62.2 Å². The molecule has 12 heteroatoms. The zero-order valence-electron chi connectivity index (χ0n) is 19.5. The highest BCUT2D eigenvalue weighted by Crippen LogP contribution is 2.30. The van der Waals surface area contributed by atoms with Gasteiger partial charge in [-0.1, -0.05) is 5.16 Å². The van der Waals surface area contributed by atoms with E-state index >= 15 is 0 Å². The van der Waals surface area contributed by atoms with Gasteiger partial charge < -0.3 is 15.3 Å². The van der Waals surface area contributed by atoms with Crippen molar-refractivity contribution in [3.8, 4) is 5.75 Å². The molecule has 35 heavy (non-hydrogen) atoms. The van der Waals surface area contributed by atoms with Gasteiger partial charge in [0.1, 0.15) is 18.2 Å². The normalized spacial score (nSPS) is 18.7. The van der Waals surface area contributed by atoms with Crippen LogP contribution in [0, 0.1) is 0 Å². The molecule has 2 aliphatic rings. The van der Waals surface area contributed by atoms with Gasteiger partial charge in [-0.2, -0.15) is 12.7 Å². The fraction of sp³-hybridized carbons (Fsp3) is 0.478. The minimum atomic E-state index is -3.90. The highest BCUT2D eigenvalue weighted by atomic mass is 32.2. The summed E-state index contributed by atoms with van der Waals surface area (Å²) in [6, 6.07) is 8.42. The van der Waals surface area contributed by atoms with Crippen LogP contribution in [0.5, 0.6) is 5.75 Å². The van der Waals surface area contributed by atoms with Gasteiger partial charge in [0.05, 0.1) is 18.0 Å². The summed E-state index contributed by atoms with van der Waals surface area (Å²) >= 11 is 0. The lowest BCUT2D eigenvalue weighted by Gasteiger charge is -2.22. The Labute approximate surface area is 203 Å². The third-order valence-electron chi connectivity index (χ3n) is 6.00. The first-order chi connectivity index (χ1) is 16.7. The van der Waals surface area contributed by atoms with Gasteiger partial charge in [-0.05, 0) is 49.6 Å². The van der Waals surface area contributed by atoms with Crippen LogP contribution in [0.25, 0.3) is 0 Å². The molecule has 0 saturated carbocycles. The zero-order valence-corrected chi connectivity index (χ0v) is 20.3. The van der Waals surface area contributed by atoms with E-state index in [4.69, 9.17) is 15.3 Å². The molecule has 0 atom stereocenters. The van der Waals surface area contributed by atoms with Crippen LogP contribution in [0.4, 0.5) is 20.3 Å². The molecule has 0 spiro atoms. The number of rotatable bonds is 10. The second-order valence-electron chi connectivity index (χ2n) is 8.40. The summed E-state index contributed by atoms with van der Waals surface area (Å²) in [6.45, 7) is 2.19. The maximum Gasteiger partial charge on any atom is 0.304 e. The van der Waals surface area contributed by atoms with Crippen LogP contribution in [0.3, 0.4) is 0 Å². The number of alkyl halides is 2. The number of nitrogen functional groups attached to an aromatic ring is 1. The van der Waals surface area contributed by atoms with Crippen molar-refractivity contribution in [2.24, 2.45) is 5.16 Å². The van der Waals surface area contributed by atoms with Crippen LogP contribution in [0.1, 0.15) is 37.3 Å². The number of anilines is 2. The predicted molar refractivity (Wildman–Crippen MR) is 129 cm³/mol. The second-order valence-corrected chi connectivity index (χ2v) is 10.2. The van der Waals surface area contributed by atoms with Crippen molar-refractivity contribution in [3.63, 3.8) is 0 Å². The Hall–Kier alpha value is -2.99. The van der Waals surface area contributed by atoms with Gasteiger partial charge in [0.15, 0.2) is 0 Å². The average Bonchev–Trinajstić information content (AvgIpc) is 3.35. The SMILES string of the molecule is CCON=C1CCc2cc(OCCC(F)(F)CCN3CCN(c4ccnc(N)c4)S3(=O)=O)ccc21. The van der Waals surface area contributed by atoms with E-state index in [1.807, 2.05) is 19.1 Å². The molecule has 0 radical (unpaired) electrons. The van der Waals surface area contributed by atoms with E-state index in [0.29, 0.717) is 18.0 Å². The summed E-state index contributed by atoms with van der Waals surface area (Å²) in [4.78, 5) is 8.98. The lowest BCUT2D eigenvalue weighted by atomic mass is 10.1. The number of oxime groups is 1. The van der Waals surface area contributed by atoms with E-state index in [2.05, 4.69) is 10.1 Å². The molecular formula is C23H29F2N5O4S. The summed E-state index contributed by atoms with van der Waals surface area (Å²) in [6.07, 6.45) is 1.86. The van der Waals surface area contributed by atoms with Crippen molar-refractivity contribution in [2.45, 2.75) is 38.5 Å². The van der Waals surface area contributed by atoms with Crippen LogP contribution >= 0.6 is 0 Å². The fourth-order valence-electron chi connectivity index (χ4n) is 4.16. The Kier molecular flexibility index (Phi) is 7.41. The third kappa shape index (κ3) is 5.81. The van der Waals surface area contributed by atoms with Crippen LogP contribution in [0.15, 0.2) is 41.7 Å². The number of ether oxygens (including phenoxy) is 1. The van der Waals surface area contributed by atoms with Crippen molar-refractivity contribution in [1.82, 2.24) is 9.29 Å². The fourth-order valence-corrected chi connectivity index (χ4v) is 5.76. The van der Waals surface area contributed by atoms with E-state index in [9.17, 15) is 17.2 Å². The average molecular weight is 510 g/mol. The molecule has 1 aliphatic carbocycles. The van der Waals surface area contributed by atoms with Gasteiger partial charge in [-0.3, -0.25) is 4.31 Å². The molecule has 1 aromatic heterocycles. The van der Waals surface area contributed by atoms with Crippen molar-refractivity contribution >= 4 is 27.4 Å². The second kappa shape index (κ2) is 10.3. The topological polar surface area (TPSA) is 110 Å². The number of hydrogen-bond donors (Lipinski definition) is 1. The van der Waals surface area contributed by atoms with Crippen molar-refractivity contribution in [1.29, 1.82) is 0 Å². The van der Waals surface area contributed by atoms with Crippen molar-refractivity contribution < 1.29 is 26.8 Å². The van der Waals surface area contributed by atoms with E-state index in [1.54, 1.807) is 6.07 Å². The Bertz CT molecular complexity index is 1190. The maximum atomic E-state index is 14.5. The van der Waals surface area contributed by atoms with E-state index in [1.165, 1.54) is 18.3 Å². The summed E-state index contributed by atoms with van der Waals surface area (Å²) in [5, 5.41) is 4.11. The lowest BCUT2D eigenvalue weighted by Crippen LogP contribution is -2.36. The first-order valence-corrected chi connectivity index (χ1v) is 12.9. The van der Waals surface area contributed by atoms with E-state index < -0.39 is 29.0 Å². The Balaban J connectivity index is 1.28. The molecule has 1 saturated heterocycles. The third-order valence-corrected chi connectivity index (χ3v) is 7.96. The van der Waals surface area contributed by atoms with Gasteiger partial charge in [-0.25, -0.2) is 13.8 Å². The number of hydrogen-bond acceptors (Lipinski definition) is 7. The highest BCUT2D eigenvalue weighted by Gasteiger charge is 2.39. The van der Waals surface area contributed by atoms with Gasteiger partial charge in [0.25, 0.3) is 5.92 Å². The van der Waals surface area contributed by atoms with Crippen LogP contribution < -0.4 is 14.8 Å². The Morgan fingerprint density at radius 3 is 2.77 bits per heavy atom. The number of halogens is 2. The number of aryl methyl sites for hydroxylation is 1. The maximum absolute atomic E-state index is 14.5. The molecule has 190 valence electrons. The first kappa shape index (κ1) is 25.1. The summed E-state index contributed by atoms with van der Waals surface area (Å²) in [5.41, 5.74) is 8.92. The van der Waals surface area contributed by atoms with Gasteiger partial charge in [0.2, 0.25) is 0 Å². The molecule has 2 N–H and O–H groups in total. The quantitative estimate of drug-likeness (QED) is 0.493. The highest BCUT2D eigenvalue weighted by molar-refractivity contribution is 7.90. The summed E-state index contributed by atoms with van der Waals surface area (Å²) in [5.74, 6) is -2.37. The molecule has 2 heterocycles. The molecule has 9 nitrogen and oxygen atoms in total. The minimum Gasteiger partial charge on any atom is -0.493 e. The molecule has 0 unspecified atom stereocenters. The standard InChI is InChI=1S/C23H29F2N5O4S/c1-2-34-28-21-6-3-17-15-19(4-5-20(17)21)33-14-9-23(24,25)8-11-29-12-13-30(35(29,31)32)18-7-10-27-22(26)16-18/h4-5,7,10,15-16H,2-3,6,8-9,11-14H2,1H3,(H2,26,27).